The lowest BCUT2D eigenvalue weighted by Crippen LogP contribution is -2.28. The zero-order valence-electron chi connectivity index (χ0n) is 7.64. The fourth-order valence-electron chi connectivity index (χ4n) is 1.32. The minimum Gasteiger partial charge on any atom is -0.481 e. The van der Waals surface area contributed by atoms with Gasteiger partial charge in [-0.05, 0) is 12.3 Å². The van der Waals surface area contributed by atoms with Gasteiger partial charge in [0, 0.05) is 0 Å². The molecule has 2 heteroatoms. The minimum atomic E-state index is -0.787. The normalized spacial score (nSPS) is 14.2. The van der Waals surface area contributed by atoms with Crippen molar-refractivity contribution in [3.05, 3.63) is 12.2 Å². The van der Waals surface area contributed by atoms with Gasteiger partial charge >= 0.3 is 5.97 Å². The van der Waals surface area contributed by atoms with Crippen LogP contribution in [0.5, 0.6) is 0 Å². The standard InChI is InChI=1S/C9H16O2/c1-6(2)7(8(10)11)9(3,4)5/h7H,1H2,2-5H3,(H,10,11). The molecule has 0 amide bonds. The van der Waals surface area contributed by atoms with Crippen molar-refractivity contribution in [1.29, 1.82) is 0 Å². The van der Waals surface area contributed by atoms with Gasteiger partial charge in [-0.25, -0.2) is 0 Å². The van der Waals surface area contributed by atoms with Crippen molar-refractivity contribution >= 4 is 5.97 Å². The number of aliphatic carboxylic acids is 1. The zero-order valence-corrected chi connectivity index (χ0v) is 7.64. The van der Waals surface area contributed by atoms with Crippen LogP contribution in [0.25, 0.3) is 0 Å². The van der Waals surface area contributed by atoms with E-state index in [-0.39, 0.29) is 5.41 Å². The minimum absolute atomic E-state index is 0.238. The maximum atomic E-state index is 10.7. The van der Waals surface area contributed by atoms with Gasteiger partial charge in [-0.15, -0.1) is 0 Å². The molecule has 0 radical (unpaired) electrons. The number of hydrogen-bond donors (Lipinski definition) is 1. The van der Waals surface area contributed by atoms with E-state index in [1.165, 1.54) is 0 Å². The van der Waals surface area contributed by atoms with Crippen LogP contribution >= 0.6 is 0 Å². The second-order valence-electron chi connectivity index (χ2n) is 3.98. The van der Waals surface area contributed by atoms with Gasteiger partial charge in [0.15, 0.2) is 0 Å². The molecule has 1 N–H and O–H groups in total. The van der Waals surface area contributed by atoms with Gasteiger partial charge in [-0.2, -0.15) is 0 Å². The monoisotopic (exact) mass is 156 g/mol. The van der Waals surface area contributed by atoms with Crippen LogP contribution in [0, 0.1) is 11.3 Å². The van der Waals surface area contributed by atoms with E-state index in [2.05, 4.69) is 6.58 Å². The molecule has 0 bridgehead atoms. The second kappa shape index (κ2) is 3.07. The molecule has 0 saturated carbocycles. The third kappa shape index (κ3) is 2.74. The lowest BCUT2D eigenvalue weighted by atomic mass is 9.77. The second-order valence-corrected chi connectivity index (χ2v) is 3.98. The Hall–Kier alpha value is -0.790. The summed E-state index contributed by atoms with van der Waals surface area (Å²) in [7, 11) is 0. The Balaban J connectivity index is 4.63. The summed E-state index contributed by atoms with van der Waals surface area (Å²) in [5, 5.41) is 8.82. The Morgan fingerprint density at radius 3 is 1.82 bits per heavy atom. The molecule has 1 atom stereocenters. The number of carbonyl (C=O) groups is 1. The molecule has 0 aromatic carbocycles. The molecule has 0 aliphatic heterocycles. The van der Waals surface area contributed by atoms with Gasteiger partial charge in [0.2, 0.25) is 0 Å². The van der Waals surface area contributed by atoms with Crippen molar-refractivity contribution in [2.45, 2.75) is 27.7 Å². The zero-order chi connectivity index (χ0) is 9.23. The van der Waals surface area contributed by atoms with Crippen molar-refractivity contribution in [3.8, 4) is 0 Å². The third-order valence-electron chi connectivity index (χ3n) is 1.61. The highest BCUT2D eigenvalue weighted by atomic mass is 16.4. The van der Waals surface area contributed by atoms with Crippen LogP contribution in [0.2, 0.25) is 0 Å². The lowest BCUT2D eigenvalue weighted by molar-refractivity contribution is -0.143. The average molecular weight is 156 g/mol. The van der Waals surface area contributed by atoms with Gasteiger partial charge in [0.05, 0.1) is 5.92 Å². The van der Waals surface area contributed by atoms with E-state index < -0.39 is 11.9 Å². The fraction of sp³-hybridized carbons (Fsp3) is 0.667. The first kappa shape index (κ1) is 10.2. The molecule has 0 aromatic heterocycles. The van der Waals surface area contributed by atoms with E-state index >= 15 is 0 Å². The SMILES string of the molecule is C=C(C)C(C(=O)O)C(C)(C)C. The average Bonchev–Trinajstić information content (AvgIpc) is 1.54. The summed E-state index contributed by atoms with van der Waals surface area (Å²) in [4.78, 5) is 10.7. The first-order chi connectivity index (χ1) is 4.76. The van der Waals surface area contributed by atoms with E-state index in [4.69, 9.17) is 5.11 Å². The Bertz CT molecular complexity index is 160. The fourth-order valence-corrected chi connectivity index (χ4v) is 1.32. The molecular weight excluding hydrogens is 140 g/mol. The summed E-state index contributed by atoms with van der Waals surface area (Å²) in [5.74, 6) is -1.23. The van der Waals surface area contributed by atoms with E-state index in [0.717, 1.165) is 0 Å². The number of carboxylic acid groups (broad SMARTS) is 1. The first-order valence-corrected chi connectivity index (χ1v) is 3.65. The van der Waals surface area contributed by atoms with Gasteiger partial charge in [0.25, 0.3) is 0 Å². The van der Waals surface area contributed by atoms with E-state index in [1.807, 2.05) is 20.8 Å². The van der Waals surface area contributed by atoms with Gasteiger partial charge in [-0.3, -0.25) is 4.79 Å². The smallest absolute Gasteiger partial charge is 0.311 e. The van der Waals surface area contributed by atoms with Crippen molar-refractivity contribution in [1.82, 2.24) is 0 Å². The molecule has 1 unspecified atom stereocenters. The molecule has 0 saturated heterocycles. The van der Waals surface area contributed by atoms with Crippen molar-refractivity contribution in [2.24, 2.45) is 11.3 Å². The predicted octanol–water partition coefficient (Wildman–Crippen LogP) is 2.31. The number of carboxylic acids is 1. The van der Waals surface area contributed by atoms with Crippen LogP contribution in [-0.2, 0) is 4.79 Å². The highest BCUT2D eigenvalue weighted by Crippen LogP contribution is 2.30. The maximum Gasteiger partial charge on any atom is 0.311 e. The summed E-state index contributed by atoms with van der Waals surface area (Å²) >= 11 is 0. The van der Waals surface area contributed by atoms with Gasteiger partial charge in [0.1, 0.15) is 0 Å². The Labute approximate surface area is 67.9 Å². The van der Waals surface area contributed by atoms with Crippen LogP contribution < -0.4 is 0 Å². The summed E-state index contributed by atoms with van der Waals surface area (Å²) in [6, 6.07) is 0. The molecule has 0 aliphatic carbocycles. The largest absolute Gasteiger partial charge is 0.481 e. The molecule has 0 spiro atoms. The topological polar surface area (TPSA) is 37.3 Å². The Morgan fingerprint density at radius 1 is 1.45 bits per heavy atom. The molecule has 64 valence electrons. The van der Waals surface area contributed by atoms with E-state index in [9.17, 15) is 4.79 Å². The van der Waals surface area contributed by atoms with Crippen LogP contribution in [0.1, 0.15) is 27.7 Å². The van der Waals surface area contributed by atoms with Crippen LogP contribution in [-0.4, -0.2) is 11.1 Å². The molecule has 0 aromatic rings. The molecule has 11 heavy (non-hydrogen) atoms. The van der Waals surface area contributed by atoms with Gasteiger partial charge < -0.3 is 5.11 Å². The van der Waals surface area contributed by atoms with Crippen molar-refractivity contribution in [3.63, 3.8) is 0 Å². The Kier molecular flexibility index (Phi) is 2.85. The van der Waals surface area contributed by atoms with Crippen molar-refractivity contribution < 1.29 is 9.90 Å². The van der Waals surface area contributed by atoms with E-state index in [0.29, 0.717) is 5.57 Å². The molecule has 0 heterocycles. The molecule has 2 nitrogen and oxygen atoms in total. The lowest BCUT2D eigenvalue weighted by Gasteiger charge is -2.27. The van der Waals surface area contributed by atoms with Crippen LogP contribution in [0.4, 0.5) is 0 Å². The van der Waals surface area contributed by atoms with Crippen LogP contribution in [0.3, 0.4) is 0 Å². The summed E-state index contributed by atoms with van der Waals surface area (Å²) in [5.41, 5.74) is 0.475. The summed E-state index contributed by atoms with van der Waals surface area (Å²) < 4.78 is 0. The molecular formula is C9H16O2. The predicted molar refractivity (Wildman–Crippen MR) is 45.4 cm³/mol. The van der Waals surface area contributed by atoms with E-state index in [1.54, 1.807) is 6.92 Å². The third-order valence-corrected chi connectivity index (χ3v) is 1.61. The quantitative estimate of drug-likeness (QED) is 0.623. The number of rotatable bonds is 2. The molecule has 0 fully saturated rings. The highest BCUT2D eigenvalue weighted by molar-refractivity contribution is 5.74. The summed E-state index contributed by atoms with van der Waals surface area (Å²) in [6.45, 7) is 11.1. The van der Waals surface area contributed by atoms with Crippen LogP contribution in [0.15, 0.2) is 12.2 Å². The summed E-state index contributed by atoms with van der Waals surface area (Å²) in [6.07, 6.45) is 0. The Morgan fingerprint density at radius 2 is 1.82 bits per heavy atom. The highest BCUT2D eigenvalue weighted by Gasteiger charge is 2.31. The van der Waals surface area contributed by atoms with Crippen molar-refractivity contribution in [2.75, 3.05) is 0 Å². The molecule has 0 aliphatic rings. The van der Waals surface area contributed by atoms with Gasteiger partial charge in [-0.1, -0.05) is 32.9 Å². The number of hydrogen-bond acceptors (Lipinski definition) is 1. The first-order valence-electron chi connectivity index (χ1n) is 3.65. The maximum absolute atomic E-state index is 10.7. The molecule has 0 rings (SSSR count).